The molecule has 1 aromatic heterocycles. The van der Waals surface area contributed by atoms with Crippen molar-refractivity contribution in [3.63, 3.8) is 0 Å². The third kappa shape index (κ3) is 3.92. The van der Waals surface area contributed by atoms with Crippen LogP contribution >= 0.6 is 11.6 Å². The largest absolute Gasteiger partial charge is 0.469 e. The Labute approximate surface area is 145 Å². The van der Waals surface area contributed by atoms with Crippen molar-refractivity contribution in [3.05, 3.63) is 40.9 Å². The van der Waals surface area contributed by atoms with E-state index in [4.69, 9.17) is 21.6 Å². The molecular formula is C17H18ClFN4O. The van der Waals surface area contributed by atoms with Crippen LogP contribution in [0.25, 0.3) is 0 Å². The minimum Gasteiger partial charge on any atom is -0.469 e. The molecule has 0 fully saturated rings. The summed E-state index contributed by atoms with van der Waals surface area (Å²) in [6, 6.07) is 6.65. The fourth-order valence-electron chi connectivity index (χ4n) is 1.95. The molecule has 0 amide bonds. The van der Waals surface area contributed by atoms with Crippen LogP contribution in [-0.2, 0) is 0 Å². The highest BCUT2D eigenvalue weighted by molar-refractivity contribution is 6.33. The zero-order valence-electron chi connectivity index (χ0n) is 13.7. The summed E-state index contributed by atoms with van der Waals surface area (Å²) in [6.45, 7) is 5.84. The van der Waals surface area contributed by atoms with Gasteiger partial charge in [0, 0.05) is 0 Å². The van der Waals surface area contributed by atoms with Crippen molar-refractivity contribution in [2.75, 3.05) is 5.32 Å². The van der Waals surface area contributed by atoms with Crippen molar-refractivity contribution in [2.24, 2.45) is 0 Å². The molecule has 2 aromatic rings. The van der Waals surface area contributed by atoms with Crippen molar-refractivity contribution >= 4 is 23.1 Å². The summed E-state index contributed by atoms with van der Waals surface area (Å²) < 4.78 is 20.4. The van der Waals surface area contributed by atoms with E-state index in [0.29, 0.717) is 16.3 Å². The average Bonchev–Trinajstić information content (AvgIpc) is 2.59. The minimum atomic E-state index is -0.689. The Hall–Kier alpha value is -2.39. The van der Waals surface area contributed by atoms with E-state index >= 15 is 0 Å². The second kappa shape index (κ2) is 7.45. The summed E-state index contributed by atoms with van der Waals surface area (Å²) in [7, 11) is 0. The first-order chi connectivity index (χ1) is 11.4. The number of anilines is 2. The van der Waals surface area contributed by atoms with Gasteiger partial charge in [0.15, 0.2) is 5.82 Å². The first kappa shape index (κ1) is 18.0. The number of rotatable bonds is 6. The smallest absolute Gasteiger partial charge is 0.256 e. The van der Waals surface area contributed by atoms with Gasteiger partial charge < -0.3 is 10.1 Å². The van der Waals surface area contributed by atoms with E-state index in [9.17, 15) is 4.39 Å². The van der Waals surface area contributed by atoms with Crippen molar-refractivity contribution in [1.29, 1.82) is 5.26 Å². The van der Waals surface area contributed by atoms with Crippen LogP contribution in [0.4, 0.5) is 15.9 Å². The SMILES string of the molecule is CCC(C)(CC)Oc1ncnc(Nc2ccc(C#N)cc2Cl)c1F. The number of nitrogens with zero attached hydrogens (tertiary/aromatic N) is 3. The molecule has 0 bridgehead atoms. The topological polar surface area (TPSA) is 70.8 Å². The van der Waals surface area contributed by atoms with E-state index in [2.05, 4.69) is 15.3 Å². The molecule has 0 aliphatic carbocycles. The van der Waals surface area contributed by atoms with Crippen LogP contribution in [0.15, 0.2) is 24.5 Å². The zero-order chi connectivity index (χ0) is 17.7. The number of nitriles is 1. The van der Waals surface area contributed by atoms with E-state index in [0.717, 1.165) is 12.8 Å². The molecule has 7 heteroatoms. The molecule has 0 spiro atoms. The van der Waals surface area contributed by atoms with Crippen LogP contribution < -0.4 is 10.1 Å². The van der Waals surface area contributed by atoms with Crippen LogP contribution in [-0.4, -0.2) is 15.6 Å². The molecule has 2 rings (SSSR count). The molecular weight excluding hydrogens is 331 g/mol. The van der Waals surface area contributed by atoms with Gasteiger partial charge in [-0.05, 0) is 38.0 Å². The van der Waals surface area contributed by atoms with Gasteiger partial charge in [-0.25, -0.2) is 4.98 Å². The predicted molar refractivity (Wildman–Crippen MR) is 91.1 cm³/mol. The molecule has 0 aliphatic heterocycles. The predicted octanol–water partition coefficient (Wildman–Crippen LogP) is 4.84. The van der Waals surface area contributed by atoms with Crippen molar-refractivity contribution < 1.29 is 9.13 Å². The number of aromatic nitrogens is 2. The zero-order valence-corrected chi connectivity index (χ0v) is 14.5. The Morgan fingerprint density at radius 1 is 1.33 bits per heavy atom. The Morgan fingerprint density at radius 3 is 2.62 bits per heavy atom. The lowest BCUT2D eigenvalue weighted by molar-refractivity contribution is 0.0694. The fourth-order valence-corrected chi connectivity index (χ4v) is 2.18. The normalized spacial score (nSPS) is 11.0. The van der Waals surface area contributed by atoms with Crippen molar-refractivity contribution in [1.82, 2.24) is 9.97 Å². The van der Waals surface area contributed by atoms with Gasteiger partial charge in [-0.3, -0.25) is 0 Å². The fraction of sp³-hybridized carbons (Fsp3) is 0.353. The van der Waals surface area contributed by atoms with Crippen LogP contribution in [0.5, 0.6) is 5.88 Å². The standard InChI is InChI=1S/C17H18ClFN4O/c1-4-17(3,5-2)24-16-14(19)15(21-10-22-16)23-13-7-6-11(9-20)8-12(13)18/h6-8,10H,4-5H2,1-3H3,(H,21,22,23). The average molecular weight is 349 g/mol. The number of nitrogens with one attached hydrogen (secondary N) is 1. The monoisotopic (exact) mass is 348 g/mol. The second-order valence-corrected chi connectivity index (χ2v) is 5.94. The molecule has 126 valence electrons. The maximum Gasteiger partial charge on any atom is 0.256 e. The lowest BCUT2D eigenvalue weighted by atomic mass is 10.0. The van der Waals surface area contributed by atoms with E-state index in [1.807, 2.05) is 26.8 Å². The molecule has 5 nitrogen and oxygen atoms in total. The Kier molecular flexibility index (Phi) is 5.58. The molecule has 0 saturated heterocycles. The molecule has 0 aliphatic rings. The highest BCUT2D eigenvalue weighted by Crippen LogP contribution is 2.30. The van der Waals surface area contributed by atoms with Gasteiger partial charge in [0.25, 0.3) is 5.88 Å². The molecule has 1 N–H and O–H groups in total. The quantitative estimate of drug-likeness (QED) is 0.808. The van der Waals surface area contributed by atoms with E-state index in [-0.39, 0.29) is 11.7 Å². The number of ether oxygens (including phenoxy) is 1. The van der Waals surface area contributed by atoms with Gasteiger partial charge in [0.2, 0.25) is 5.82 Å². The number of halogens is 2. The third-order valence-electron chi connectivity index (χ3n) is 3.95. The Bertz CT molecular complexity index is 772. The van der Waals surface area contributed by atoms with Crippen LogP contribution in [0.2, 0.25) is 5.02 Å². The summed E-state index contributed by atoms with van der Waals surface area (Å²) >= 11 is 6.09. The maximum absolute atomic E-state index is 14.6. The van der Waals surface area contributed by atoms with Gasteiger partial charge in [-0.1, -0.05) is 25.4 Å². The van der Waals surface area contributed by atoms with Crippen molar-refractivity contribution in [3.8, 4) is 11.9 Å². The molecule has 24 heavy (non-hydrogen) atoms. The second-order valence-electron chi connectivity index (χ2n) is 5.53. The van der Waals surface area contributed by atoms with Gasteiger partial charge in [0.05, 0.1) is 22.3 Å². The lowest BCUT2D eigenvalue weighted by Crippen LogP contribution is -2.31. The van der Waals surface area contributed by atoms with E-state index < -0.39 is 11.4 Å². The molecule has 0 unspecified atom stereocenters. The number of hydrogen-bond donors (Lipinski definition) is 1. The first-order valence-electron chi connectivity index (χ1n) is 7.58. The van der Waals surface area contributed by atoms with Crippen LogP contribution in [0.3, 0.4) is 0 Å². The van der Waals surface area contributed by atoms with Gasteiger partial charge >= 0.3 is 0 Å². The lowest BCUT2D eigenvalue weighted by Gasteiger charge is -2.27. The summed E-state index contributed by atoms with van der Waals surface area (Å²) in [5.41, 5.74) is 0.353. The molecule has 0 radical (unpaired) electrons. The number of benzene rings is 1. The van der Waals surface area contributed by atoms with E-state index in [1.165, 1.54) is 12.4 Å². The van der Waals surface area contributed by atoms with Gasteiger partial charge in [-0.15, -0.1) is 0 Å². The molecule has 1 aromatic carbocycles. The number of hydrogen-bond acceptors (Lipinski definition) is 5. The summed E-state index contributed by atoms with van der Waals surface area (Å²) in [6.07, 6.45) is 2.67. The molecule has 0 saturated carbocycles. The molecule has 1 heterocycles. The Balaban J connectivity index is 2.30. The first-order valence-corrected chi connectivity index (χ1v) is 7.96. The summed E-state index contributed by atoms with van der Waals surface area (Å²) in [5.74, 6) is -0.837. The van der Waals surface area contributed by atoms with E-state index in [1.54, 1.807) is 12.1 Å². The van der Waals surface area contributed by atoms with Gasteiger partial charge in [-0.2, -0.15) is 14.6 Å². The molecule has 0 atom stereocenters. The van der Waals surface area contributed by atoms with Gasteiger partial charge in [0.1, 0.15) is 11.9 Å². The van der Waals surface area contributed by atoms with Crippen LogP contribution in [0.1, 0.15) is 39.2 Å². The van der Waals surface area contributed by atoms with Crippen LogP contribution in [0, 0.1) is 17.1 Å². The summed E-state index contributed by atoms with van der Waals surface area (Å²) in [5, 5.41) is 12.0. The Morgan fingerprint density at radius 2 is 2.04 bits per heavy atom. The highest BCUT2D eigenvalue weighted by atomic mass is 35.5. The summed E-state index contributed by atoms with van der Waals surface area (Å²) in [4.78, 5) is 7.79. The highest BCUT2D eigenvalue weighted by Gasteiger charge is 2.25. The minimum absolute atomic E-state index is 0.0406. The maximum atomic E-state index is 14.6. The van der Waals surface area contributed by atoms with Crippen molar-refractivity contribution in [2.45, 2.75) is 39.2 Å². The third-order valence-corrected chi connectivity index (χ3v) is 4.26.